The molecule has 0 aliphatic heterocycles. The lowest BCUT2D eigenvalue weighted by Crippen LogP contribution is -2.10. The van der Waals surface area contributed by atoms with Gasteiger partial charge in [0.1, 0.15) is 0 Å². The number of nitrogen functional groups attached to an aromatic ring is 1. The molecule has 20 heavy (non-hydrogen) atoms. The summed E-state index contributed by atoms with van der Waals surface area (Å²) in [5.41, 5.74) is 12.8. The van der Waals surface area contributed by atoms with Gasteiger partial charge in [0, 0.05) is 30.2 Å². The maximum absolute atomic E-state index is 5.94. The number of anilines is 1. The third kappa shape index (κ3) is 2.89. The first-order valence-electron chi connectivity index (χ1n) is 5.68. The molecule has 0 fully saturated rings. The highest BCUT2D eigenvalue weighted by Gasteiger charge is 2.11. The van der Waals surface area contributed by atoms with E-state index in [4.69, 9.17) is 23.1 Å². The third-order valence-electron chi connectivity index (χ3n) is 2.54. The molecule has 2 rings (SSSR count). The van der Waals surface area contributed by atoms with E-state index in [1.54, 1.807) is 36.3 Å². The van der Waals surface area contributed by atoms with Crippen LogP contribution in [0.15, 0.2) is 37.2 Å². The Morgan fingerprint density at radius 1 is 1.45 bits per heavy atom. The van der Waals surface area contributed by atoms with Gasteiger partial charge in [0.25, 0.3) is 0 Å². The highest BCUT2D eigenvalue weighted by atomic mass is 35.5. The molecule has 0 unspecified atom stereocenters. The van der Waals surface area contributed by atoms with Crippen molar-refractivity contribution in [3.05, 3.63) is 48.0 Å². The summed E-state index contributed by atoms with van der Waals surface area (Å²) in [7, 11) is 1.78. The monoisotopic (exact) mass is 291 g/mol. The standard InChI is InChI=1S/C12H14ClN7/c1-8(19(2)4-3-14)12-16-18-20(17-12)11-6-9(13)5-10(15)7-11/h3-7H,1,14-15H2,2H3/b4-3-. The summed E-state index contributed by atoms with van der Waals surface area (Å²) in [6.07, 6.45) is 3.04. The molecule has 1 heterocycles. The molecule has 0 spiro atoms. The number of hydrogen-bond acceptors (Lipinski definition) is 6. The third-order valence-corrected chi connectivity index (χ3v) is 2.76. The molecular formula is C12H14ClN7. The minimum Gasteiger partial charge on any atom is -0.403 e. The molecule has 2 aromatic rings. The van der Waals surface area contributed by atoms with Crippen LogP contribution in [0.1, 0.15) is 5.82 Å². The summed E-state index contributed by atoms with van der Waals surface area (Å²) in [6.45, 7) is 3.88. The Bertz CT molecular complexity index is 641. The van der Waals surface area contributed by atoms with Gasteiger partial charge in [0.15, 0.2) is 0 Å². The van der Waals surface area contributed by atoms with Crippen molar-refractivity contribution >= 4 is 23.0 Å². The number of nitrogens with zero attached hydrogens (tertiary/aromatic N) is 5. The van der Waals surface area contributed by atoms with Crippen LogP contribution in [0.3, 0.4) is 0 Å². The van der Waals surface area contributed by atoms with E-state index in [0.717, 1.165) is 0 Å². The van der Waals surface area contributed by atoms with Gasteiger partial charge in [-0.15, -0.1) is 15.0 Å². The molecule has 104 valence electrons. The van der Waals surface area contributed by atoms with Crippen LogP contribution in [-0.2, 0) is 0 Å². The number of aromatic nitrogens is 4. The van der Waals surface area contributed by atoms with Gasteiger partial charge in [-0.05, 0) is 23.4 Å². The zero-order chi connectivity index (χ0) is 14.7. The minimum absolute atomic E-state index is 0.379. The molecule has 0 saturated carbocycles. The zero-order valence-electron chi connectivity index (χ0n) is 10.9. The minimum atomic E-state index is 0.379. The van der Waals surface area contributed by atoms with Crippen LogP contribution >= 0.6 is 11.6 Å². The first-order chi connectivity index (χ1) is 9.51. The van der Waals surface area contributed by atoms with Crippen molar-refractivity contribution in [1.29, 1.82) is 0 Å². The Morgan fingerprint density at radius 3 is 2.85 bits per heavy atom. The molecule has 7 nitrogen and oxygen atoms in total. The molecule has 0 radical (unpaired) electrons. The zero-order valence-corrected chi connectivity index (χ0v) is 11.6. The fraction of sp³-hybridized carbons (Fsp3) is 0.0833. The quantitative estimate of drug-likeness (QED) is 0.822. The topological polar surface area (TPSA) is 98.9 Å². The Morgan fingerprint density at radius 2 is 2.20 bits per heavy atom. The van der Waals surface area contributed by atoms with Gasteiger partial charge in [-0.3, -0.25) is 0 Å². The first kappa shape index (κ1) is 13.9. The van der Waals surface area contributed by atoms with Crippen LogP contribution in [0.4, 0.5) is 5.69 Å². The van der Waals surface area contributed by atoms with Crippen LogP contribution in [0, 0.1) is 0 Å². The van der Waals surface area contributed by atoms with Crippen molar-refractivity contribution < 1.29 is 0 Å². The van der Waals surface area contributed by atoms with E-state index in [2.05, 4.69) is 22.0 Å². The van der Waals surface area contributed by atoms with E-state index >= 15 is 0 Å². The van der Waals surface area contributed by atoms with Gasteiger partial charge < -0.3 is 16.4 Å². The number of halogens is 1. The number of rotatable bonds is 4. The summed E-state index contributed by atoms with van der Waals surface area (Å²) in [5.74, 6) is 0.379. The van der Waals surface area contributed by atoms with Crippen molar-refractivity contribution in [2.45, 2.75) is 0 Å². The summed E-state index contributed by atoms with van der Waals surface area (Å²) in [6, 6.07) is 5.03. The maximum atomic E-state index is 5.94. The lowest BCUT2D eigenvalue weighted by molar-refractivity contribution is 0.645. The van der Waals surface area contributed by atoms with Crippen molar-refractivity contribution in [3.63, 3.8) is 0 Å². The van der Waals surface area contributed by atoms with Crippen molar-refractivity contribution in [2.75, 3.05) is 12.8 Å². The van der Waals surface area contributed by atoms with E-state index in [-0.39, 0.29) is 0 Å². The smallest absolute Gasteiger partial charge is 0.221 e. The largest absolute Gasteiger partial charge is 0.403 e. The second kappa shape index (κ2) is 5.62. The first-order valence-corrected chi connectivity index (χ1v) is 6.06. The molecule has 0 aliphatic rings. The molecule has 1 aromatic carbocycles. The predicted molar refractivity (Wildman–Crippen MR) is 78.7 cm³/mol. The van der Waals surface area contributed by atoms with Crippen LogP contribution in [-0.4, -0.2) is 32.2 Å². The Labute approximate surface area is 121 Å². The Balaban J connectivity index is 2.31. The molecule has 0 aliphatic carbocycles. The van der Waals surface area contributed by atoms with Crippen molar-refractivity contribution in [3.8, 4) is 5.69 Å². The summed E-state index contributed by atoms with van der Waals surface area (Å²) >= 11 is 5.94. The summed E-state index contributed by atoms with van der Waals surface area (Å²) in [4.78, 5) is 3.02. The highest BCUT2D eigenvalue weighted by molar-refractivity contribution is 6.31. The van der Waals surface area contributed by atoms with Crippen LogP contribution in [0.2, 0.25) is 5.02 Å². The average Bonchev–Trinajstić information content (AvgIpc) is 2.86. The van der Waals surface area contributed by atoms with Gasteiger partial charge in [0.05, 0.1) is 11.4 Å². The molecule has 1 aromatic heterocycles. The highest BCUT2D eigenvalue weighted by Crippen LogP contribution is 2.19. The maximum Gasteiger partial charge on any atom is 0.221 e. The molecule has 8 heteroatoms. The second-order valence-electron chi connectivity index (χ2n) is 4.04. The SMILES string of the molecule is C=C(c1nnn(-c2cc(N)cc(Cl)c2)n1)N(C)/C=C\N. The van der Waals surface area contributed by atoms with E-state index in [9.17, 15) is 0 Å². The predicted octanol–water partition coefficient (Wildman–Crippen LogP) is 1.23. The Hall–Kier alpha value is -2.54. The number of nitrogens with two attached hydrogens (primary N) is 2. The van der Waals surface area contributed by atoms with Crippen LogP contribution in [0.25, 0.3) is 11.4 Å². The Kier molecular flexibility index (Phi) is 3.90. The molecule has 4 N–H and O–H groups in total. The van der Waals surface area contributed by atoms with Crippen LogP contribution in [0.5, 0.6) is 0 Å². The molecule has 0 atom stereocenters. The van der Waals surface area contributed by atoms with E-state index in [1.807, 2.05) is 0 Å². The van der Waals surface area contributed by atoms with Crippen molar-refractivity contribution in [2.24, 2.45) is 5.73 Å². The molecule has 0 amide bonds. The summed E-state index contributed by atoms with van der Waals surface area (Å²) < 4.78 is 0. The summed E-state index contributed by atoms with van der Waals surface area (Å²) in [5, 5.41) is 12.6. The van der Waals surface area contributed by atoms with Gasteiger partial charge in [-0.1, -0.05) is 18.2 Å². The van der Waals surface area contributed by atoms with Gasteiger partial charge in [-0.25, -0.2) is 0 Å². The van der Waals surface area contributed by atoms with Crippen LogP contribution < -0.4 is 11.5 Å². The molecule has 0 bridgehead atoms. The number of hydrogen-bond donors (Lipinski definition) is 2. The van der Waals surface area contributed by atoms with E-state index in [0.29, 0.717) is 27.9 Å². The number of tetrazole rings is 1. The lowest BCUT2D eigenvalue weighted by atomic mass is 10.3. The fourth-order valence-corrected chi connectivity index (χ4v) is 1.77. The van der Waals surface area contributed by atoms with E-state index < -0.39 is 0 Å². The van der Waals surface area contributed by atoms with Gasteiger partial charge in [0.2, 0.25) is 5.82 Å². The average molecular weight is 292 g/mol. The fourth-order valence-electron chi connectivity index (χ4n) is 1.53. The van der Waals surface area contributed by atoms with Gasteiger partial charge in [-0.2, -0.15) is 0 Å². The number of benzene rings is 1. The molecule has 0 saturated heterocycles. The normalized spacial score (nSPS) is 10.9. The lowest BCUT2D eigenvalue weighted by Gasteiger charge is -2.12. The van der Waals surface area contributed by atoms with E-state index in [1.165, 1.54) is 11.0 Å². The van der Waals surface area contributed by atoms with Gasteiger partial charge >= 0.3 is 0 Å². The van der Waals surface area contributed by atoms with Crippen molar-refractivity contribution in [1.82, 2.24) is 25.1 Å². The second-order valence-corrected chi connectivity index (χ2v) is 4.48. The molecular weight excluding hydrogens is 278 g/mol.